The molecule has 0 aliphatic carbocycles. The molecule has 0 aliphatic rings. The van der Waals surface area contributed by atoms with E-state index in [1.54, 1.807) is 6.92 Å². The number of alkyl halides is 3. The van der Waals surface area contributed by atoms with Gasteiger partial charge in [0.05, 0.1) is 16.2 Å². The average molecular weight is 342 g/mol. The van der Waals surface area contributed by atoms with Crippen molar-refractivity contribution in [2.75, 3.05) is 11.5 Å². The van der Waals surface area contributed by atoms with Gasteiger partial charge in [0, 0.05) is 5.75 Å². The minimum Gasteiger partial charge on any atom is -0.478 e. The zero-order chi connectivity index (χ0) is 16.3. The molecule has 0 heterocycles. The predicted octanol–water partition coefficient (Wildman–Crippen LogP) is 2.97. The van der Waals surface area contributed by atoms with Crippen molar-refractivity contribution in [3.63, 3.8) is 0 Å². The summed E-state index contributed by atoms with van der Waals surface area (Å²) in [7, 11) is -3.97. The van der Waals surface area contributed by atoms with Gasteiger partial charge in [-0.1, -0.05) is 13.0 Å². The topological polar surface area (TPSA) is 71.4 Å². The number of hydrogen-bond acceptors (Lipinski definition) is 4. The molecule has 0 amide bonds. The van der Waals surface area contributed by atoms with Gasteiger partial charge in [-0.2, -0.15) is 13.2 Å². The number of carbonyl (C=O) groups is 1. The Morgan fingerprint density at radius 2 is 1.95 bits per heavy atom. The SMILES string of the molecule is CCc1ccc(C(=O)O)cc1S(=O)(=O)CCSC(F)(F)F. The Hall–Kier alpha value is -1.22. The van der Waals surface area contributed by atoms with Crippen molar-refractivity contribution >= 4 is 27.6 Å². The molecule has 1 aromatic carbocycles. The summed E-state index contributed by atoms with van der Waals surface area (Å²) >= 11 is -0.416. The van der Waals surface area contributed by atoms with Gasteiger partial charge in [-0.3, -0.25) is 0 Å². The van der Waals surface area contributed by atoms with E-state index in [-0.39, 0.29) is 10.5 Å². The highest BCUT2D eigenvalue weighted by molar-refractivity contribution is 8.01. The number of carboxylic acid groups (broad SMARTS) is 1. The maximum Gasteiger partial charge on any atom is 0.441 e. The van der Waals surface area contributed by atoms with Crippen LogP contribution in [-0.2, 0) is 16.3 Å². The normalized spacial score (nSPS) is 12.4. The average Bonchev–Trinajstić information content (AvgIpc) is 2.36. The van der Waals surface area contributed by atoms with Crippen LogP contribution in [0.15, 0.2) is 23.1 Å². The Balaban J connectivity index is 3.06. The minimum absolute atomic E-state index is 0.214. The van der Waals surface area contributed by atoms with Crippen molar-refractivity contribution in [2.24, 2.45) is 0 Å². The highest BCUT2D eigenvalue weighted by Gasteiger charge is 2.29. The van der Waals surface area contributed by atoms with Crippen LogP contribution in [0.4, 0.5) is 13.2 Å². The lowest BCUT2D eigenvalue weighted by Crippen LogP contribution is -2.14. The molecule has 118 valence electrons. The molecule has 0 atom stereocenters. The minimum atomic E-state index is -4.49. The van der Waals surface area contributed by atoms with E-state index in [0.717, 1.165) is 6.07 Å². The van der Waals surface area contributed by atoms with E-state index < -0.39 is 44.6 Å². The lowest BCUT2D eigenvalue weighted by molar-refractivity contribution is -0.0326. The summed E-state index contributed by atoms with van der Waals surface area (Å²) in [5.41, 5.74) is -4.32. The number of benzene rings is 1. The van der Waals surface area contributed by atoms with Gasteiger partial charge in [-0.05, 0) is 35.9 Å². The van der Waals surface area contributed by atoms with Crippen molar-refractivity contribution in [2.45, 2.75) is 23.7 Å². The van der Waals surface area contributed by atoms with Crippen LogP contribution in [0.25, 0.3) is 0 Å². The molecule has 1 rings (SSSR count). The second-order valence-corrected chi connectivity index (χ2v) is 7.33. The maximum atomic E-state index is 12.1. The van der Waals surface area contributed by atoms with Gasteiger partial charge < -0.3 is 5.11 Å². The Kier molecular flexibility index (Phi) is 5.68. The van der Waals surface area contributed by atoms with E-state index in [1.165, 1.54) is 12.1 Å². The highest BCUT2D eigenvalue weighted by atomic mass is 32.2. The molecule has 1 aromatic rings. The summed E-state index contributed by atoms with van der Waals surface area (Å²) in [6.07, 6.45) is 0.334. The van der Waals surface area contributed by atoms with Gasteiger partial charge in [0.25, 0.3) is 0 Å². The molecule has 0 aliphatic heterocycles. The van der Waals surface area contributed by atoms with E-state index in [4.69, 9.17) is 5.11 Å². The molecule has 0 saturated carbocycles. The first-order valence-corrected chi connectivity index (χ1v) is 8.50. The molecule has 0 aromatic heterocycles. The second-order valence-electron chi connectivity index (χ2n) is 4.09. The van der Waals surface area contributed by atoms with E-state index >= 15 is 0 Å². The van der Waals surface area contributed by atoms with Gasteiger partial charge in [-0.15, -0.1) is 0 Å². The van der Waals surface area contributed by atoms with Crippen molar-refractivity contribution in [1.29, 1.82) is 0 Å². The fourth-order valence-electron chi connectivity index (χ4n) is 1.65. The van der Waals surface area contributed by atoms with Gasteiger partial charge in [-0.25, -0.2) is 13.2 Å². The van der Waals surface area contributed by atoms with Crippen LogP contribution in [0, 0.1) is 0 Å². The first-order chi connectivity index (χ1) is 9.57. The fraction of sp³-hybridized carbons (Fsp3) is 0.417. The van der Waals surface area contributed by atoms with Crippen molar-refractivity contribution in [1.82, 2.24) is 0 Å². The van der Waals surface area contributed by atoms with E-state index in [1.807, 2.05) is 0 Å². The molecule has 0 spiro atoms. The zero-order valence-electron chi connectivity index (χ0n) is 11.0. The number of hydrogen-bond donors (Lipinski definition) is 1. The number of aromatic carboxylic acids is 1. The third kappa shape index (κ3) is 5.24. The Bertz CT molecular complexity index is 624. The summed E-state index contributed by atoms with van der Waals surface area (Å²) in [6.45, 7) is 1.68. The highest BCUT2D eigenvalue weighted by Crippen LogP contribution is 2.31. The number of halogens is 3. The predicted molar refractivity (Wildman–Crippen MR) is 73.3 cm³/mol. The molecular formula is C12H13F3O4S2. The van der Waals surface area contributed by atoms with Crippen LogP contribution in [-0.4, -0.2) is 36.5 Å². The Labute approximate surface area is 124 Å². The third-order valence-corrected chi connectivity index (χ3v) is 5.43. The quantitative estimate of drug-likeness (QED) is 0.860. The summed E-state index contributed by atoms with van der Waals surface area (Å²) in [5.74, 6) is -2.63. The van der Waals surface area contributed by atoms with Crippen LogP contribution in [0.3, 0.4) is 0 Å². The molecular weight excluding hydrogens is 329 g/mol. The number of carboxylic acids is 1. The molecule has 0 saturated heterocycles. The molecule has 21 heavy (non-hydrogen) atoms. The van der Waals surface area contributed by atoms with Crippen LogP contribution in [0.5, 0.6) is 0 Å². The number of thioether (sulfide) groups is 1. The zero-order valence-corrected chi connectivity index (χ0v) is 12.6. The Morgan fingerprint density at radius 3 is 2.43 bits per heavy atom. The first-order valence-electron chi connectivity index (χ1n) is 5.86. The number of aryl methyl sites for hydroxylation is 1. The third-order valence-electron chi connectivity index (χ3n) is 2.65. The summed E-state index contributed by atoms with van der Waals surface area (Å²) in [4.78, 5) is 10.7. The standard InChI is InChI=1S/C12H13F3O4S2/c1-2-8-3-4-9(11(16)17)7-10(8)21(18,19)6-5-20-12(13,14)15/h3-4,7H,2,5-6H2,1H3,(H,16,17). The van der Waals surface area contributed by atoms with Crippen LogP contribution < -0.4 is 0 Å². The van der Waals surface area contributed by atoms with E-state index in [0.29, 0.717) is 12.0 Å². The van der Waals surface area contributed by atoms with Crippen LogP contribution >= 0.6 is 11.8 Å². The lowest BCUT2D eigenvalue weighted by Gasteiger charge is -2.11. The van der Waals surface area contributed by atoms with E-state index in [2.05, 4.69) is 0 Å². The van der Waals surface area contributed by atoms with Gasteiger partial charge >= 0.3 is 11.5 Å². The Morgan fingerprint density at radius 1 is 1.33 bits per heavy atom. The van der Waals surface area contributed by atoms with Gasteiger partial charge in [0.1, 0.15) is 0 Å². The van der Waals surface area contributed by atoms with Crippen LogP contribution in [0.2, 0.25) is 0 Å². The molecule has 9 heteroatoms. The van der Waals surface area contributed by atoms with Crippen LogP contribution in [0.1, 0.15) is 22.8 Å². The lowest BCUT2D eigenvalue weighted by atomic mass is 10.1. The smallest absolute Gasteiger partial charge is 0.441 e. The second kappa shape index (κ2) is 6.69. The molecule has 0 fully saturated rings. The van der Waals surface area contributed by atoms with Gasteiger partial charge in [0.2, 0.25) is 0 Å². The fourth-order valence-corrected chi connectivity index (χ4v) is 4.23. The maximum absolute atomic E-state index is 12.1. The van der Waals surface area contributed by atoms with E-state index in [9.17, 15) is 26.4 Å². The summed E-state index contributed by atoms with van der Waals surface area (Å²) in [5, 5.41) is 8.87. The monoisotopic (exact) mass is 342 g/mol. The first kappa shape index (κ1) is 17.8. The van der Waals surface area contributed by atoms with Crippen molar-refractivity contribution in [3.05, 3.63) is 29.3 Å². The molecule has 0 radical (unpaired) electrons. The molecule has 4 nitrogen and oxygen atoms in total. The summed E-state index contributed by atoms with van der Waals surface area (Å²) in [6, 6.07) is 3.63. The molecule has 0 bridgehead atoms. The van der Waals surface area contributed by atoms with Crippen molar-refractivity contribution < 1.29 is 31.5 Å². The molecule has 0 unspecified atom stereocenters. The number of sulfone groups is 1. The van der Waals surface area contributed by atoms with Crippen molar-refractivity contribution in [3.8, 4) is 0 Å². The largest absolute Gasteiger partial charge is 0.478 e. The molecule has 1 N–H and O–H groups in total. The van der Waals surface area contributed by atoms with Gasteiger partial charge in [0.15, 0.2) is 9.84 Å². The summed E-state index contributed by atoms with van der Waals surface area (Å²) < 4.78 is 60.3. The number of rotatable bonds is 6.